The highest BCUT2D eigenvalue weighted by atomic mass is 16.5. The number of hydrogen-bond donors (Lipinski definition) is 0. The van der Waals surface area contributed by atoms with Crippen molar-refractivity contribution in [1.29, 1.82) is 5.26 Å². The van der Waals surface area contributed by atoms with Gasteiger partial charge in [0.05, 0.1) is 0 Å². The van der Waals surface area contributed by atoms with E-state index in [0.29, 0.717) is 11.3 Å². The zero-order valence-corrected chi connectivity index (χ0v) is 11.4. The largest absolute Gasteiger partial charge is 0.456 e. The second-order valence-corrected chi connectivity index (χ2v) is 4.57. The van der Waals surface area contributed by atoms with E-state index in [1.807, 2.05) is 78.9 Å². The Labute approximate surface area is 123 Å². The van der Waals surface area contributed by atoms with Crippen LogP contribution in [-0.2, 0) is 0 Å². The number of hydrogen-bond acceptors (Lipinski definition) is 2. The molecule has 0 radical (unpaired) electrons. The van der Waals surface area contributed by atoms with Crippen LogP contribution in [0.15, 0.2) is 78.9 Å². The van der Waals surface area contributed by atoms with Gasteiger partial charge in [0.25, 0.3) is 0 Å². The molecule has 0 spiro atoms. The van der Waals surface area contributed by atoms with E-state index >= 15 is 0 Å². The van der Waals surface area contributed by atoms with E-state index in [1.165, 1.54) is 0 Å². The number of nitrogens with zero attached hydrogens (tertiary/aromatic N) is 1. The zero-order valence-electron chi connectivity index (χ0n) is 11.4. The number of rotatable bonds is 3. The van der Waals surface area contributed by atoms with Crippen molar-refractivity contribution < 1.29 is 4.74 Å². The number of nitriles is 1. The summed E-state index contributed by atoms with van der Waals surface area (Å²) in [7, 11) is 0. The van der Waals surface area contributed by atoms with Crippen molar-refractivity contribution in [2.45, 2.75) is 0 Å². The first-order valence-corrected chi connectivity index (χ1v) is 6.70. The van der Waals surface area contributed by atoms with Gasteiger partial charge in [0.2, 0.25) is 0 Å². The highest BCUT2D eigenvalue weighted by Crippen LogP contribution is 2.32. The second kappa shape index (κ2) is 5.94. The van der Waals surface area contributed by atoms with Crippen molar-refractivity contribution in [1.82, 2.24) is 0 Å². The summed E-state index contributed by atoms with van der Waals surface area (Å²) in [5.74, 6) is 1.30. The van der Waals surface area contributed by atoms with Crippen LogP contribution in [-0.4, -0.2) is 0 Å². The molecule has 0 saturated carbocycles. The Morgan fingerprint density at radius 3 is 2.05 bits per heavy atom. The fourth-order valence-electron chi connectivity index (χ4n) is 2.21. The molecule has 0 aliphatic heterocycles. The summed E-state index contributed by atoms with van der Waals surface area (Å²) >= 11 is 0. The van der Waals surface area contributed by atoms with E-state index in [-0.39, 0.29) is 0 Å². The van der Waals surface area contributed by atoms with Gasteiger partial charge in [-0.25, -0.2) is 0 Å². The van der Waals surface area contributed by atoms with Crippen LogP contribution in [0.2, 0.25) is 0 Å². The molecule has 0 aliphatic carbocycles. The summed E-state index contributed by atoms with van der Waals surface area (Å²) in [4.78, 5) is 0. The van der Waals surface area contributed by atoms with E-state index in [9.17, 15) is 5.26 Å². The highest BCUT2D eigenvalue weighted by Gasteiger charge is 2.11. The van der Waals surface area contributed by atoms with E-state index in [2.05, 4.69) is 6.07 Å². The molecule has 0 N–H and O–H groups in total. The second-order valence-electron chi connectivity index (χ2n) is 4.57. The molecular formula is C19H13NO. The normalized spacial score (nSPS) is 9.86. The highest BCUT2D eigenvalue weighted by molar-refractivity contribution is 5.73. The summed E-state index contributed by atoms with van der Waals surface area (Å²) < 4.78 is 5.84. The average molecular weight is 271 g/mol. The summed E-state index contributed by atoms with van der Waals surface area (Å²) in [5, 5.41) is 9.51. The van der Waals surface area contributed by atoms with Gasteiger partial charge >= 0.3 is 0 Å². The van der Waals surface area contributed by atoms with Gasteiger partial charge in [-0.05, 0) is 23.8 Å². The molecule has 0 bridgehead atoms. The van der Waals surface area contributed by atoms with Gasteiger partial charge in [0, 0.05) is 5.56 Å². The predicted molar refractivity (Wildman–Crippen MR) is 83.1 cm³/mol. The topological polar surface area (TPSA) is 33.0 Å². The van der Waals surface area contributed by atoms with E-state index < -0.39 is 0 Å². The van der Waals surface area contributed by atoms with Gasteiger partial charge in [0.1, 0.15) is 23.1 Å². The number of para-hydroxylation sites is 1. The minimum Gasteiger partial charge on any atom is -0.456 e. The van der Waals surface area contributed by atoms with Crippen molar-refractivity contribution in [3.8, 4) is 28.7 Å². The summed E-state index contributed by atoms with van der Waals surface area (Å²) in [5.41, 5.74) is 2.44. The van der Waals surface area contributed by atoms with Crippen LogP contribution in [0.25, 0.3) is 11.1 Å². The molecule has 0 heterocycles. The van der Waals surface area contributed by atoms with Crippen LogP contribution >= 0.6 is 0 Å². The van der Waals surface area contributed by atoms with Crippen LogP contribution in [0.5, 0.6) is 11.5 Å². The molecule has 3 rings (SSSR count). The Bertz CT molecular complexity index is 774. The maximum Gasteiger partial charge on any atom is 0.145 e. The average Bonchev–Trinajstić information content (AvgIpc) is 2.56. The van der Waals surface area contributed by atoms with Crippen LogP contribution < -0.4 is 4.74 Å². The first kappa shape index (κ1) is 13.0. The van der Waals surface area contributed by atoms with Gasteiger partial charge in [-0.15, -0.1) is 0 Å². The van der Waals surface area contributed by atoms with Crippen molar-refractivity contribution in [2.75, 3.05) is 0 Å². The molecule has 2 nitrogen and oxygen atoms in total. The monoisotopic (exact) mass is 271 g/mol. The Balaban J connectivity index is 2.05. The molecule has 3 aromatic carbocycles. The molecule has 3 aromatic rings. The molecule has 0 amide bonds. The summed E-state index contributed by atoms with van der Waals surface area (Å²) in [6.07, 6.45) is 0. The van der Waals surface area contributed by atoms with Crippen molar-refractivity contribution in [3.05, 3.63) is 84.4 Å². The predicted octanol–water partition coefficient (Wildman–Crippen LogP) is 5.02. The molecular weight excluding hydrogens is 258 g/mol. The SMILES string of the molecule is N#Cc1c(Oc2ccccc2)cccc1-c1ccccc1. The van der Waals surface area contributed by atoms with Crippen molar-refractivity contribution in [3.63, 3.8) is 0 Å². The van der Waals surface area contributed by atoms with Gasteiger partial charge in [-0.1, -0.05) is 60.7 Å². The van der Waals surface area contributed by atoms with Crippen LogP contribution in [0.3, 0.4) is 0 Å². The van der Waals surface area contributed by atoms with Gasteiger partial charge < -0.3 is 4.74 Å². The smallest absolute Gasteiger partial charge is 0.145 e. The maximum atomic E-state index is 9.51. The zero-order chi connectivity index (χ0) is 14.5. The minimum atomic E-state index is 0.549. The molecule has 0 atom stereocenters. The molecule has 0 saturated heterocycles. The van der Waals surface area contributed by atoms with Gasteiger partial charge in [-0.2, -0.15) is 5.26 Å². The lowest BCUT2D eigenvalue weighted by Gasteiger charge is -2.11. The molecule has 0 unspecified atom stereocenters. The third kappa shape index (κ3) is 2.77. The maximum absolute atomic E-state index is 9.51. The Morgan fingerprint density at radius 1 is 0.714 bits per heavy atom. The van der Waals surface area contributed by atoms with Gasteiger partial charge in [0.15, 0.2) is 0 Å². The number of benzene rings is 3. The summed E-state index contributed by atoms with van der Waals surface area (Å²) in [6, 6.07) is 27.3. The van der Waals surface area contributed by atoms with Crippen molar-refractivity contribution in [2.24, 2.45) is 0 Å². The van der Waals surface area contributed by atoms with Crippen LogP contribution in [0, 0.1) is 11.3 Å². The lowest BCUT2D eigenvalue weighted by atomic mass is 10.00. The lowest BCUT2D eigenvalue weighted by molar-refractivity contribution is 0.481. The molecule has 2 heteroatoms. The minimum absolute atomic E-state index is 0.549. The number of ether oxygens (including phenoxy) is 1. The Hall–Kier alpha value is -3.05. The standard InChI is InChI=1S/C19H13NO/c20-14-18-17(15-8-3-1-4-9-15)12-7-13-19(18)21-16-10-5-2-6-11-16/h1-13H. The molecule has 100 valence electrons. The van der Waals surface area contributed by atoms with Crippen LogP contribution in [0.1, 0.15) is 5.56 Å². The Kier molecular flexibility index (Phi) is 3.66. The Morgan fingerprint density at radius 2 is 1.38 bits per heavy atom. The molecule has 0 fully saturated rings. The van der Waals surface area contributed by atoms with E-state index in [1.54, 1.807) is 0 Å². The fourth-order valence-corrected chi connectivity index (χ4v) is 2.21. The summed E-state index contributed by atoms with van der Waals surface area (Å²) in [6.45, 7) is 0. The van der Waals surface area contributed by atoms with Crippen molar-refractivity contribution >= 4 is 0 Å². The molecule has 21 heavy (non-hydrogen) atoms. The molecule has 0 aromatic heterocycles. The first-order chi connectivity index (χ1) is 10.4. The van der Waals surface area contributed by atoms with Gasteiger partial charge in [-0.3, -0.25) is 0 Å². The quantitative estimate of drug-likeness (QED) is 0.670. The lowest BCUT2D eigenvalue weighted by Crippen LogP contribution is -1.91. The fraction of sp³-hybridized carbons (Fsp3) is 0. The van der Waals surface area contributed by atoms with E-state index in [4.69, 9.17) is 4.74 Å². The van der Waals surface area contributed by atoms with Crippen LogP contribution in [0.4, 0.5) is 0 Å². The first-order valence-electron chi connectivity index (χ1n) is 6.70. The molecule has 0 aliphatic rings. The third-order valence-corrected chi connectivity index (χ3v) is 3.19. The third-order valence-electron chi connectivity index (χ3n) is 3.19. The van der Waals surface area contributed by atoms with E-state index in [0.717, 1.165) is 16.9 Å².